The van der Waals surface area contributed by atoms with Crippen molar-refractivity contribution in [2.24, 2.45) is 7.05 Å². The summed E-state index contributed by atoms with van der Waals surface area (Å²) in [4.78, 5) is 0. The second kappa shape index (κ2) is 5.25. The largest absolute Gasteiger partial charge is 0.497 e. The smallest absolute Gasteiger partial charge is 0.119 e. The van der Waals surface area contributed by atoms with Crippen molar-refractivity contribution in [1.82, 2.24) is 4.57 Å². The van der Waals surface area contributed by atoms with E-state index in [0.717, 1.165) is 23.1 Å². The monoisotopic (exact) mass is 338 g/mol. The van der Waals surface area contributed by atoms with Crippen LogP contribution in [-0.4, -0.2) is 22.1 Å². The molecule has 0 fully saturated rings. The number of aryl methyl sites for hydroxylation is 1. The van der Waals surface area contributed by atoms with E-state index in [1.165, 1.54) is 22.4 Å². The summed E-state index contributed by atoms with van der Waals surface area (Å²) in [5.41, 5.74) is 6.32. The number of benzene rings is 2. The molecule has 0 radical (unpaired) electrons. The zero-order chi connectivity index (χ0) is 17.9. The molecule has 130 valence electrons. The molecule has 0 unspecified atom stereocenters. The fourth-order valence-corrected chi connectivity index (χ4v) is 4.35. The molecule has 1 aliphatic rings. The molecule has 0 spiro atoms. The van der Waals surface area contributed by atoms with E-state index < -0.39 is 0 Å². The highest BCUT2D eigenvalue weighted by atomic mass is 16.8. The lowest BCUT2D eigenvalue weighted by molar-refractivity contribution is 0.0292. The molecule has 0 aliphatic heterocycles. The van der Waals surface area contributed by atoms with Gasteiger partial charge in [0.2, 0.25) is 0 Å². The van der Waals surface area contributed by atoms with Crippen LogP contribution in [0.1, 0.15) is 36.2 Å². The number of aromatic nitrogens is 1. The van der Waals surface area contributed by atoms with Crippen LogP contribution in [0.25, 0.3) is 10.9 Å². The van der Waals surface area contributed by atoms with Gasteiger partial charge in [0.05, 0.1) is 12.8 Å². The van der Waals surface area contributed by atoms with Gasteiger partial charge >= 0.3 is 0 Å². The molecule has 3 aromatic rings. The molecule has 0 saturated carbocycles. The third kappa shape index (κ3) is 2.16. The second-order valence-electron chi connectivity index (χ2n) is 7.20. The van der Waals surface area contributed by atoms with E-state index in [1.807, 2.05) is 18.2 Å². The van der Waals surface area contributed by atoms with Crippen LogP contribution in [-0.2, 0) is 18.9 Å². The van der Waals surface area contributed by atoms with Crippen LogP contribution in [0.2, 0.25) is 0 Å². The van der Waals surface area contributed by atoms with Crippen molar-refractivity contribution in [2.75, 3.05) is 12.3 Å². The Morgan fingerprint density at radius 3 is 2.56 bits per heavy atom. The number of anilines is 1. The van der Waals surface area contributed by atoms with Gasteiger partial charge in [0, 0.05) is 35.5 Å². The summed E-state index contributed by atoms with van der Waals surface area (Å²) in [6.07, 6.45) is 0.815. The molecule has 1 aliphatic carbocycles. The fraction of sp³-hybridized carbons (Fsp3) is 0.300. The van der Waals surface area contributed by atoms with Crippen LogP contribution >= 0.6 is 0 Å². The van der Waals surface area contributed by atoms with Gasteiger partial charge in [-0.25, -0.2) is 0 Å². The minimum atomic E-state index is -0.177. The number of methoxy groups -OCH3 is 1. The van der Waals surface area contributed by atoms with Gasteiger partial charge in [0.1, 0.15) is 5.75 Å². The first-order chi connectivity index (χ1) is 11.8. The predicted molar refractivity (Wildman–Crippen MR) is 96.9 cm³/mol. The van der Waals surface area contributed by atoms with Crippen molar-refractivity contribution in [3.63, 3.8) is 0 Å². The number of hydrogen-bond donors (Lipinski definition) is 2. The third-order valence-electron chi connectivity index (χ3n) is 5.47. The van der Waals surface area contributed by atoms with Gasteiger partial charge in [0.25, 0.3) is 0 Å². The van der Waals surface area contributed by atoms with E-state index >= 15 is 0 Å². The van der Waals surface area contributed by atoms with Gasteiger partial charge < -0.3 is 9.30 Å². The van der Waals surface area contributed by atoms with E-state index in [9.17, 15) is 10.4 Å². The summed E-state index contributed by atoms with van der Waals surface area (Å²) in [6.45, 7) is 4.46. The van der Waals surface area contributed by atoms with E-state index in [2.05, 4.69) is 37.6 Å². The number of ether oxygens (including phenoxy) is 1. The Balaban J connectivity index is 2.01. The second-order valence-corrected chi connectivity index (χ2v) is 7.20. The molecule has 2 N–H and O–H groups in total. The highest BCUT2D eigenvalue weighted by molar-refractivity contribution is 5.90. The predicted octanol–water partition coefficient (Wildman–Crippen LogP) is 4.00. The van der Waals surface area contributed by atoms with Crippen LogP contribution in [0, 0.1) is 0 Å². The lowest BCUT2D eigenvalue weighted by atomic mass is 9.71. The first kappa shape index (κ1) is 16.0. The van der Waals surface area contributed by atoms with Crippen molar-refractivity contribution >= 4 is 16.6 Å². The van der Waals surface area contributed by atoms with Crippen molar-refractivity contribution < 1.29 is 15.2 Å². The summed E-state index contributed by atoms with van der Waals surface area (Å²) < 4.78 is 7.64. The first-order valence-corrected chi connectivity index (χ1v) is 8.31. The summed E-state index contributed by atoms with van der Waals surface area (Å²) in [6, 6.07) is 11.7. The number of fused-ring (bicyclic) bond motifs is 4. The zero-order valence-corrected chi connectivity index (χ0v) is 14.9. The van der Waals surface area contributed by atoms with Crippen LogP contribution in [0.5, 0.6) is 5.75 Å². The Morgan fingerprint density at radius 2 is 1.88 bits per heavy atom. The Morgan fingerprint density at radius 1 is 1.12 bits per heavy atom. The Hall–Kier alpha value is -2.50. The number of rotatable bonds is 2. The summed E-state index contributed by atoms with van der Waals surface area (Å²) in [7, 11) is 3.76. The fourth-order valence-electron chi connectivity index (χ4n) is 4.35. The van der Waals surface area contributed by atoms with Crippen LogP contribution in [0.3, 0.4) is 0 Å². The molecule has 5 nitrogen and oxygen atoms in total. The van der Waals surface area contributed by atoms with Crippen molar-refractivity contribution in [3.05, 3.63) is 58.8 Å². The molecule has 5 heteroatoms. The maximum Gasteiger partial charge on any atom is 0.119 e. The molecular formula is C20H22N2O3. The van der Waals surface area contributed by atoms with Crippen LogP contribution in [0.4, 0.5) is 5.69 Å². The topological polar surface area (TPSA) is 57.9 Å². The minimum Gasteiger partial charge on any atom is -0.497 e. The quantitative estimate of drug-likeness (QED) is 0.694. The Kier molecular flexibility index (Phi) is 3.36. The molecule has 4 rings (SSSR count). The maximum atomic E-state index is 9.38. The molecule has 0 atom stereocenters. The Labute approximate surface area is 146 Å². The third-order valence-corrected chi connectivity index (χ3v) is 5.47. The van der Waals surface area contributed by atoms with Crippen molar-refractivity contribution in [2.45, 2.75) is 25.7 Å². The number of nitrogens with zero attached hydrogens (tertiary/aromatic N) is 2. The minimum absolute atomic E-state index is 0.172. The van der Waals surface area contributed by atoms with E-state index in [0.29, 0.717) is 5.69 Å². The van der Waals surface area contributed by atoms with E-state index in [4.69, 9.17) is 4.74 Å². The summed E-state index contributed by atoms with van der Waals surface area (Å²) >= 11 is 0. The van der Waals surface area contributed by atoms with Gasteiger partial charge in [-0.2, -0.15) is 0 Å². The van der Waals surface area contributed by atoms with Gasteiger partial charge in [-0.3, -0.25) is 10.4 Å². The lowest BCUT2D eigenvalue weighted by Crippen LogP contribution is -2.29. The first-order valence-electron chi connectivity index (χ1n) is 8.31. The van der Waals surface area contributed by atoms with Crippen molar-refractivity contribution in [3.8, 4) is 5.75 Å². The summed E-state index contributed by atoms with van der Waals surface area (Å²) in [5, 5.41) is 20.0. The van der Waals surface area contributed by atoms with Crippen LogP contribution < -0.4 is 9.96 Å². The Bertz CT molecular complexity index is 986. The molecular weight excluding hydrogens is 316 g/mol. The average molecular weight is 338 g/mol. The number of hydrogen-bond acceptors (Lipinski definition) is 4. The van der Waals surface area contributed by atoms with Gasteiger partial charge in [-0.15, -0.1) is 5.23 Å². The van der Waals surface area contributed by atoms with Gasteiger partial charge in [-0.1, -0.05) is 19.9 Å². The molecule has 1 heterocycles. The summed E-state index contributed by atoms with van der Waals surface area (Å²) in [5.74, 6) is 0.868. The van der Waals surface area contributed by atoms with Crippen molar-refractivity contribution in [1.29, 1.82) is 0 Å². The standard InChI is InChI=1S/C20H22N2O3/c1-20(2)17-11-14(25-4)7-5-12(17)9-16-15-10-13(22(23)24)6-8-18(15)21(3)19(16)20/h5-8,10-11,23-24H,9H2,1-4H3. The molecule has 1 aromatic heterocycles. The molecule has 0 amide bonds. The lowest BCUT2D eigenvalue weighted by Gasteiger charge is -2.34. The zero-order valence-electron chi connectivity index (χ0n) is 14.9. The average Bonchev–Trinajstić information content (AvgIpc) is 2.87. The maximum absolute atomic E-state index is 9.38. The van der Waals surface area contributed by atoms with E-state index in [-0.39, 0.29) is 10.6 Å². The van der Waals surface area contributed by atoms with Gasteiger partial charge in [0.15, 0.2) is 0 Å². The van der Waals surface area contributed by atoms with Gasteiger partial charge in [-0.05, 0) is 47.0 Å². The van der Waals surface area contributed by atoms with E-state index in [1.54, 1.807) is 13.2 Å². The highest BCUT2D eigenvalue weighted by Crippen LogP contribution is 2.46. The highest BCUT2D eigenvalue weighted by Gasteiger charge is 2.37. The van der Waals surface area contributed by atoms with Crippen LogP contribution in [0.15, 0.2) is 36.4 Å². The molecule has 0 saturated heterocycles. The molecule has 0 bridgehead atoms. The normalized spacial score (nSPS) is 15.0. The SMILES string of the molecule is COc1ccc2c(c1)C(C)(C)c1c(c3cc(N(O)O)ccc3n1C)C2. The molecule has 2 aromatic carbocycles. The molecule has 25 heavy (non-hydrogen) atoms.